The molecule has 0 aromatic rings. The smallest absolute Gasteiger partial charge is 0.222 e. The molecule has 0 saturated carbocycles. The Morgan fingerprint density at radius 3 is 2.87 bits per heavy atom. The van der Waals surface area contributed by atoms with Gasteiger partial charge in [-0.1, -0.05) is 18.6 Å². The van der Waals surface area contributed by atoms with E-state index in [-0.39, 0.29) is 24.0 Å². The van der Waals surface area contributed by atoms with Crippen molar-refractivity contribution in [3.63, 3.8) is 0 Å². The first-order valence-corrected chi connectivity index (χ1v) is 8.69. The number of allylic oxidation sites excluding steroid dienone is 1. The summed E-state index contributed by atoms with van der Waals surface area (Å²) in [4.78, 5) is 18.5. The summed E-state index contributed by atoms with van der Waals surface area (Å²) in [6, 6.07) is 0. The van der Waals surface area contributed by atoms with E-state index in [1.807, 2.05) is 11.8 Å². The molecule has 0 spiro atoms. The van der Waals surface area contributed by atoms with E-state index in [4.69, 9.17) is 0 Å². The van der Waals surface area contributed by atoms with Crippen LogP contribution < -0.4 is 10.6 Å². The maximum absolute atomic E-state index is 11.9. The summed E-state index contributed by atoms with van der Waals surface area (Å²) in [6.07, 6.45) is 10.2. The third-order valence-electron chi connectivity index (χ3n) is 3.71. The fourth-order valence-electron chi connectivity index (χ4n) is 2.51. The van der Waals surface area contributed by atoms with Crippen molar-refractivity contribution in [3.8, 4) is 0 Å². The molecular weight excluding hydrogens is 403 g/mol. The normalized spacial score (nSPS) is 16.2. The molecule has 6 heteroatoms. The van der Waals surface area contributed by atoms with Crippen molar-refractivity contribution in [3.05, 3.63) is 12.2 Å². The van der Waals surface area contributed by atoms with Crippen molar-refractivity contribution < 1.29 is 4.79 Å². The Balaban J connectivity index is 0.00000484. The van der Waals surface area contributed by atoms with Gasteiger partial charge in [0.1, 0.15) is 0 Å². The largest absolute Gasteiger partial charge is 0.357 e. The molecule has 2 N–H and O–H groups in total. The minimum Gasteiger partial charge on any atom is -0.357 e. The van der Waals surface area contributed by atoms with Gasteiger partial charge in [0.05, 0.1) is 0 Å². The second kappa shape index (κ2) is 14.8. The Hall–Kier alpha value is -0.790. The first-order chi connectivity index (χ1) is 10.8. The van der Waals surface area contributed by atoms with E-state index in [2.05, 4.69) is 34.7 Å². The van der Waals surface area contributed by atoms with Gasteiger partial charge in [-0.15, -0.1) is 24.0 Å². The van der Waals surface area contributed by atoms with Gasteiger partial charge in [0.15, 0.2) is 5.96 Å². The minimum atomic E-state index is 0. The lowest BCUT2D eigenvalue weighted by molar-refractivity contribution is -0.130. The van der Waals surface area contributed by atoms with Crippen LogP contribution in [-0.2, 0) is 4.79 Å². The number of carbonyl (C=O) groups is 1. The van der Waals surface area contributed by atoms with Crippen LogP contribution in [0.4, 0.5) is 0 Å². The number of nitrogens with one attached hydrogen (secondary N) is 2. The Morgan fingerprint density at radius 2 is 2.13 bits per heavy atom. The van der Waals surface area contributed by atoms with E-state index in [1.54, 1.807) is 0 Å². The van der Waals surface area contributed by atoms with Gasteiger partial charge in [0, 0.05) is 39.1 Å². The molecule has 1 aliphatic heterocycles. The van der Waals surface area contributed by atoms with Crippen LogP contribution in [0.25, 0.3) is 0 Å². The molecule has 0 radical (unpaired) electrons. The van der Waals surface area contributed by atoms with E-state index in [1.165, 1.54) is 6.42 Å². The van der Waals surface area contributed by atoms with Gasteiger partial charge in [-0.3, -0.25) is 9.79 Å². The summed E-state index contributed by atoms with van der Waals surface area (Å²) >= 11 is 0. The maximum atomic E-state index is 11.9. The predicted octanol–water partition coefficient (Wildman–Crippen LogP) is 2.92. The summed E-state index contributed by atoms with van der Waals surface area (Å²) in [5.41, 5.74) is 0. The lowest BCUT2D eigenvalue weighted by Gasteiger charge is -2.20. The van der Waals surface area contributed by atoms with Gasteiger partial charge in [0.25, 0.3) is 0 Å². The molecule has 1 saturated heterocycles. The van der Waals surface area contributed by atoms with Crippen molar-refractivity contribution in [2.24, 2.45) is 4.99 Å². The number of guanidine groups is 1. The molecule has 1 heterocycles. The van der Waals surface area contributed by atoms with Gasteiger partial charge in [-0.2, -0.15) is 0 Å². The van der Waals surface area contributed by atoms with Crippen molar-refractivity contribution in [1.82, 2.24) is 15.5 Å². The van der Waals surface area contributed by atoms with Crippen LogP contribution >= 0.6 is 24.0 Å². The summed E-state index contributed by atoms with van der Waals surface area (Å²) in [6.45, 7) is 8.36. The van der Waals surface area contributed by atoms with E-state index >= 15 is 0 Å². The van der Waals surface area contributed by atoms with Crippen LogP contribution in [0, 0.1) is 0 Å². The second-order valence-electron chi connectivity index (χ2n) is 5.59. The fraction of sp³-hybridized carbons (Fsp3) is 0.765. The Morgan fingerprint density at radius 1 is 1.30 bits per heavy atom. The van der Waals surface area contributed by atoms with E-state index in [0.717, 1.165) is 70.8 Å². The highest BCUT2D eigenvalue weighted by Gasteiger charge is 2.15. The lowest BCUT2D eigenvalue weighted by atomic mass is 10.2. The van der Waals surface area contributed by atoms with Gasteiger partial charge in [-0.05, 0) is 39.5 Å². The number of likely N-dealkylation sites (tertiary alicyclic amines) is 1. The first kappa shape index (κ1) is 22.2. The van der Waals surface area contributed by atoms with Gasteiger partial charge < -0.3 is 15.5 Å². The third kappa shape index (κ3) is 10.6. The highest BCUT2D eigenvalue weighted by Crippen LogP contribution is 2.11. The molecule has 0 aromatic heterocycles. The van der Waals surface area contributed by atoms with Crippen molar-refractivity contribution >= 4 is 35.8 Å². The summed E-state index contributed by atoms with van der Waals surface area (Å²) < 4.78 is 0. The molecule has 1 rings (SSSR count). The van der Waals surface area contributed by atoms with Crippen molar-refractivity contribution in [2.45, 2.75) is 52.4 Å². The molecule has 1 aliphatic rings. The van der Waals surface area contributed by atoms with Gasteiger partial charge >= 0.3 is 0 Å². The molecule has 5 nitrogen and oxygen atoms in total. The SMILES string of the molecule is C/C=C/CCNC(=NCCCN1CCCCCC1=O)NCC.I. The number of amides is 1. The highest BCUT2D eigenvalue weighted by molar-refractivity contribution is 14.0. The van der Waals surface area contributed by atoms with Gasteiger partial charge in [-0.25, -0.2) is 0 Å². The lowest BCUT2D eigenvalue weighted by Crippen LogP contribution is -2.38. The molecule has 1 amide bonds. The zero-order valence-electron chi connectivity index (χ0n) is 14.6. The summed E-state index contributed by atoms with van der Waals surface area (Å²) in [7, 11) is 0. The topological polar surface area (TPSA) is 56.7 Å². The molecule has 1 fully saturated rings. The Bertz CT molecular complexity index is 372. The summed E-state index contributed by atoms with van der Waals surface area (Å²) in [5.74, 6) is 1.19. The Labute approximate surface area is 158 Å². The molecule has 23 heavy (non-hydrogen) atoms. The average Bonchev–Trinajstić information content (AvgIpc) is 2.72. The van der Waals surface area contributed by atoms with Crippen LogP contribution in [-0.4, -0.2) is 49.5 Å². The third-order valence-corrected chi connectivity index (χ3v) is 3.71. The molecule has 0 bridgehead atoms. The number of hydrogen-bond donors (Lipinski definition) is 2. The number of nitrogens with zero attached hydrogens (tertiary/aromatic N) is 2. The first-order valence-electron chi connectivity index (χ1n) is 8.69. The van der Waals surface area contributed by atoms with Crippen molar-refractivity contribution in [2.75, 3.05) is 32.7 Å². The molecule has 134 valence electrons. The number of hydrogen-bond acceptors (Lipinski definition) is 2. The monoisotopic (exact) mass is 436 g/mol. The zero-order valence-corrected chi connectivity index (χ0v) is 17.0. The van der Waals surface area contributed by atoms with Crippen LogP contribution in [0.5, 0.6) is 0 Å². The number of halogens is 1. The van der Waals surface area contributed by atoms with Crippen LogP contribution in [0.2, 0.25) is 0 Å². The fourth-order valence-corrected chi connectivity index (χ4v) is 2.51. The quantitative estimate of drug-likeness (QED) is 0.202. The van der Waals surface area contributed by atoms with E-state index in [9.17, 15) is 4.79 Å². The molecule has 0 unspecified atom stereocenters. The second-order valence-corrected chi connectivity index (χ2v) is 5.59. The van der Waals surface area contributed by atoms with Gasteiger partial charge in [0.2, 0.25) is 5.91 Å². The summed E-state index contributed by atoms with van der Waals surface area (Å²) in [5, 5.41) is 6.57. The molecule has 0 aromatic carbocycles. The number of aliphatic imine (C=N–C) groups is 1. The van der Waals surface area contributed by atoms with Crippen molar-refractivity contribution in [1.29, 1.82) is 0 Å². The van der Waals surface area contributed by atoms with E-state index in [0.29, 0.717) is 5.91 Å². The number of rotatable bonds is 8. The minimum absolute atomic E-state index is 0. The molecular formula is C17H33IN4O. The predicted molar refractivity (Wildman–Crippen MR) is 108 cm³/mol. The molecule has 0 atom stereocenters. The van der Waals surface area contributed by atoms with Crippen LogP contribution in [0.15, 0.2) is 17.1 Å². The van der Waals surface area contributed by atoms with Crippen LogP contribution in [0.3, 0.4) is 0 Å². The maximum Gasteiger partial charge on any atom is 0.222 e. The number of carbonyl (C=O) groups excluding carboxylic acids is 1. The average molecular weight is 436 g/mol. The molecule has 0 aliphatic carbocycles. The Kier molecular flexibility index (Phi) is 14.3. The zero-order chi connectivity index (χ0) is 16.0. The van der Waals surface area contributed by atoms with E-state index < -0.39 is 0 Å². The highest BCUT2D eigenvalue weighted by atomic mass is 127. The standard InChI is InChI=1S/C17H32N4O.HI/c1-3-5-8-12-19-17(18-4-2)20-13-10-15-21-14-9-6-7-11-16(21)22;/h3,5H,4,6-15H2,1-2H3,(H2,18,19,20);1H/b5-3+;. The van der Waals surface area contributed by atoms with Crippen LogP contribution in [0.1, 0.15) is 52.4 Å².